The molecule has 114 valence electrons. The van der Waals surface area contributed by atoms with Crippen LogP contribution in [0.5, 0.6) is 0 Å². The number of rotatable bonds is 4. The molecule has 1 atom stereocenters. The molecule has 0 aliphatic carbocycles. The van der Waals surface area contributed by atoms with Crippen molar-refractivity contribution in [2.75, 3.05) is 32.0 Å². The average Bonchev–Trinajstić information content (AvgIpc) is 2.88. The number of piperidine rings is 1. The maximum Gasteiger partial charge on any atom is 0.158 e. The molecular weight excluding hydrogens is 262 g/mol. The van der Waals surface area contributed by atoms with Crippen LogP contribution in [0.15, 0.2) is 18.5 Å². The molecule has 21 heavy (non-hydrogen) atoms. The molecule has 3 rings (SSSR count). The second kappa shape index (κ2) is 6.02. The van der Waals surface area contributed by atoms with E-state index >= 15 is 0 Å². The normalized spacial score (nSPS) is 20.3. The molecule has 0 radical (unpaired) electrons. The minimum absolute atomic E-state index is 0.339. The Morgan fingerprint density at radius 1 is 1.38 bits per heavy atom. The van der Waals surface area contributed by atoms with Crippen molar-refractivity contribution in [1.29, 1.82) is 0 Å². The van der Waals surface area contributed by atoms with Gasteiger partial charge in [0, 0.05) is 24.5 Å². The van der Waals surface area contributed by atoms with Gasteiger partial charge >= 0.3 is 0 Å². The molecule has 1 aliphatic rings. The third kappa shape index (κ3) is 3.18. The first-order valence-corrected chi connectivity index (χ1v) is 7.89. The van der Waals surface area contributed by atoms with Gasteiger partial charge in [0.25, 0.3) is 0 Å². The van der Waals surface area contributed by atoms with Gasteiger partial charge < -0.3 is 10.2 Å². The Bertz CT molecular complexity index is 604. The zero-order valence-corrected chi connectivity index (χ0v) is 13.2. The number of hydrogen-bond acceptors (Lipinski definition) is 4. The van der Waals surface area contributed by atoms with Crippen molar-refractivity contribution in [2.24, 2.45) is 5.92 Å². The minimum Gasteiger partial charge on any atom is -0.383 e. The van der Waals surface area contributed by atoms with Gasteiger partial charge in [-0.15, -0.1) is 0 Å². The molecule has 1 saturated heterocycles. The molecule has 0 aromatic carbocycles. The minimum atomic E-state index is 0.339. The summed E-state index contributed by atoms with van der Waals surface area (Å²) in [7, 11) is 2.21. The van der Waals surface area contributed by atoms with Crippen LogP contribution in [0.25, 0.3) is 11.0 Å². The van der Waals surface area contributed by atoms with Crippen molar-refractivity contribution in [3.63, 3.8) is 0 Å². The molecule has 0 bridgehead atoms. The number of aromatic nitrogens is 3. The largest absolute Gasteiger partial charge is 0.383 e. The topological polar surface area (TPSA) is 46.0 Å². The lowest BCUT2D eigenvalue weighted by Crippen LogP contribution is -2.35. The Morgan fingerprint density at radius 2 is 2.24 bits per heavy atom. The standard InChI is InChI=1S/C16H25N5/c1-12(2)21-16-14(9-19-21)7-15(10-18-16)17-8-13-5-4-6-20(3)11-13/h7,9-10,12-13,17H,4-6,8,11H2,1-3H3. The fraction of sp³-hybridized carbons (Fsp3) is 0.625. The van der Waals surface area contributed by atoms with Crippen molar-refractivity contribution in [2.45, 2.75) is 32.7 Å². The zero-order chi connectivity index (χ0) is 14.8. The van der Waals surface area contributed by atoms with Crippen LogP contribution in [0.4, 0.5) is 5.69 Å². The molecule has 1 unspecified atom stereocenters. The van der Waals surface area contributed by atoms with Crippen LogP contribution in [0.3, 0.4) is 0 Å². The van der Waals surface area contributed by atoms with Gasteiger partial charge in [-0.05, 0) is 52.3 Å². The second-order valence-electron chi connectivity index (χ2n) is 6.47. The summed E-state index contributed by atoms with van der Waals surface area (Å²) in [6.07, 6.45) is 6.46. The van der Waals surface area contributed by atoms with Crippen LogP contribution < -0.4 is 5.32 Å². The van der Waals surface area contributed by atoms with Crippen molar-refractivity contribution in [3.8, 4) is 0 Å². The van der Waals surface area contributed by atoms with Crippen LogP contribution in [-0.4, -0.2) is 46.3 Å². The highest BCUT2D eigenvalue weighted by Crippen LogP contribution is 2.20. The lowest BCUT2D eigenvalue weighted by atomic mass is 9.98. The maximum absolute atomic E-state index is 4.57. The van der Waals surface area contributed by atoms with Gasteiger partial charge in [-0.25, -0.2) is 9.67 Å². The van der Waals surface area contributed by atoms with Gasteiger partial charge in [-0.3, -0.25) is 0 Å². The van der Waals surface area contributed by atoms with Crippen molar-refractivity contribution < 1.29 is 0 Å². The molecule has 3 heterocycles. The first kappa shape index (κ1) is 14.3. The highest BCUT2D eigenvalue weighted by Gasteiger charge is 2.17. The third-order valence-corrected chi connectivity index (χ3v) is 4.24. The molecule has 0 spiro atoms. The predicted octanol–water partition coefficient (Wildman–Crippen LogP) is 2.77. The van der Waals surface area contributed by atoms with E-state index in [1.165, 1.54) is 25.9 Å². The Hall–Kier alpha value is -1.62. The molecule has 1 fully saturated rings. The summed E-state index contributed by atoms with van der Waals surface area (Å²) in [5, 5.41) is 9.06. The predicted molar refractivity (Wildman–Crippen MR) is 86.6 cm³/mol. The molecule has 5 heteroatoms. The Kier molecular flexibility index (Phi) is 4.10. The number of nitrogens with one attached hydrogen (secondary N) is 1. The van der Waals surface area contributed by atoms with E-state index in [4.69, 9.17) is 0 Å². The molecule has 5 nitrogen and oxygen atoms in total. The molecular formula is C16H25N5. The van der Waals surface area contributed by atoms with E-state index in [2.05, 4.69) is 47.3 Å². The molecule has 1 N–H and O–H groups in total. The number of hydrogen-bond donors (Lipinski definition) is 1. The van der Waals surface area contributed by atoms with Gasteiger partial charge in [0.1, 0.15) is 0 Å². The van der Waals surface area contributed by atoms with E-state index in [1.54, 1.807) is 0 Å². The van der Waals surface area contributed by atoms with Crippen LogP contribution in [0.1, 0.15) is 32.7 Å². The number of fused-ring (bicyclic) bond motifs is 1. The van der Waals surface area contributed by atoms with Gasteiger partial charge in [-0.1, -0.05) is 0 Å². The first-order chi connectivity index (χ1) is 10.1. The van der Waals surface area contributed by atoms with Crippen LogP contribution >= 0.6 is 0 Å². The van der Waals surface area contributed by atoms with E-state index in [-0.39, 0.29) is 0 Å². The van der Waals surface area contributed by atoms with Gasteiger partial charge in [-0.2, -0.15) is 5.10 Å². The highest BCUT2D eigenvalue weighted by atomic mass is 15.3. The first-order valence-electron chi connectivity index (χ1n) is 7.89. The Morgan fingerprint density at radius 3 is 3.00 bits per heavy atom. The summed E-state index contributed by atoms with van der Waals surface area (Å²) in [6, 6.07) is 2.49. The van der Waals surface area contributed by atoms with E-state index in [1.807, 2.05) is 17.1 Å². The van der Waals surface area contributed by atoms with Crippen LogP contribution in [-0.2, 0) is 0 Å². The lowest BCUT2D eigenvalue weighted by molar-refractivity contribution is 0.217. The summed E-state index contributed by atoms with van der Waals surface area (Å²) in [5.74, 6) is 0.734. The number of pyridine rings is 1. The summed E-state index contributed by atoms with van der Waals surface area (Å²) < 4.78 is 1.97. The average molecular weight is 287 g/mol. The van der Waals surface area contributed by atoms with Gasteiger partial charge in [0.05, 0.1) is 18.1 Å². The van der Waals surface area contributed by atoms with E-state index in [0.717, 1.165) is 29.2 Å². The second-order valence-corrected chi connectivity index (χ2v) is 6.47. The SMILES string of the molecule is CC(C)n1ncc2cc(NCC3CCCN(C)C3)cnc21. The molecule has 0 saturated carbocycles. The van der Waals surface area contributed by atoms with Crippen molar-refractivity contribution in [3.05, 3.63) is 18.5 Å². The fourth-order valence-electron chi connectivity index (χ4n) is 3.12. The number of likely N-dealkylation sites (tertiary alicyclic amines) is 1. The molecule has 2 aromatic rings. The van der Waals surface area contributed by atoms with Crippen LogP contribution in [0, 0.1) is 5.92 Å². The number of anilines is 1. The summed E-state index contributed by atoms with van der Waals surface area (Å²) in [5.41, 5.74) is 2.06. The Balaban J connectivity index is 1.67. The van der Waals surface area contributed by atoms with Crippen molar-refractivity contribution >= 4 is 16.7 Å². The number of nitrogens with zero attached hydrogens (tertiary/aromatic N) is 4. The third-order valence-electron chi connectivity index (χ3n) is 4.24. The molecule has 1 aliphatic heterocycles. The quantitative estimate of drug-likeness (QED) is 0.939. The van der Waals surface area contributed by atoms with E-state index in [0.29, 0.717) is 6.04 Å². The summed E-state index contributed by atoms with van der Waals surface area (Å²) in [6.45, 7) is 7.70. The maximum atomic E-state index is 4.57. The van der Waals surface area contributed by atoms with Gasteiger partial charge in [0.15, 0.2) is 5.65 Å². The Labute approximate surface area is 126 Å². The van der Waals surface area contributed by atoms with Gasteiger partial charge in [0.2, 0.25) is 0 Å². The molecule has 2 aromatic heterocycles. The smallest absolute Gasteiger partial charge is 0.158 e. The zero-order valence-electron chi connectivity index (χ0n) is 13.2. The summed E-state index contributed by atoms with van der Waals surface area (Å²) in [4.78, 5) is 6.99. The fourth-order valence-corrected chi connectivity index (χ4v) is 3.12. The lowest BCUT2D eigenvalue weighted by Gasteiger charge is -2.29. The summed E-state index contributed by atoms with van der Waals surface area (Å²) >= 11 is 0. The highest BCUT2D eigenvalue weighted by molar-refractivity contribution is 5.78. The van der Waals surface area contributed by atoms with Crippen LogP contribution in [0.2, 0.25) is 0 Å². The monoisotopic (exact) mass is 287 g/mol. The van der Waals surface area contributed by atoms with E-state index < -0.39 is 0 Å². The molecule has 0 amide bonds. The van der Waals surface area contributed by atoms with Crippen molar-refractivity contribution in [1.82, 2.24) is 19.7 Å². The van der Waals surface area contributed by atoms with E-state index in [9.17, 15) is 0 Å².